The average Bonchev–Trinajstić information content (AvgIpc) is 2.87. The third kappa shape index (κ3) is 3.13. The van der Waals surface area contributed by atoms with Crippen molar-refractivity contribution in [1.29, 1.82) is 0 Å². The molecule has 0 aliphatic rings. The SMILES string of the molecule is CC(CO)N(C)Cc1csc(-c2ccccn2)n1. The standard InChI is InChI=1S/C13H17N3OS/c1-10(8-17)16(2)7-11-9-18-13(15-11)12-5-3-4-6-14-12/h3-6,9-10,17H,7-8H2,1-2H3. The Morgan fingerprint density at radius 1 is 1.44 bits per heavy atom. The molecule has 2 rings (SSSR count). The molecule has 0 radical (unpaired) electrons. The van der Waals surface area contributed by atoms with Crippen LogP contribution >= 0.6 is 11.3 Å². The number of aliphatic hydroxyl groups excluding tert-OH is 1. The Labute approximate surface area is 111 Å². The maximum absolute atomic E-state index is 9.10. The van der Waals surface area contributed by atoms with E-state index in [0.717, 1.165) is 22.9 Å². The number of likely N-dealkylation sites (N-methyl/N-ethyl adjacent to an activating group) is 1. The molecule has 0 aromatic carbocycles. The number of nitrogens with zero attached hydrogens (tertiary/aromatic N) is 3. The lowest BCUT2D eigenvalue weighted by molar-refractivity contribution is 0.153. The average molecular weight is 263 g/mol. The molecule has 1 unspecified atom stereocenters. The van der Waals surface area contributed by atoms with Gasteiger partial charge in [0.05, 0.1) is 18.0 Å². The summed E-state index contributed by atoms with van der Waals surface area (Å²) in [5.74, 6) is 0. The van der Waals surface area contributed by atoms with Crippen LogP contribution in [-0.4, -0.2) is 39.7 Å². The van der Waals surface area contributed by atoms with E-state index >= 15 is 0 Å². The molecule has 1 N–H and O–H groups in total. The number of rotatable bonds is 5. The van der Waals surface area contributed by atoms with Crippen LogP contribution in [-0.2, 0) is 6.54 Å². The van der Waals surface area contributed by atoms with Crippen molar-refractivity contribution >= 4 is 11.3 Å². The minimum atomic E-state index is 0.144. The van der Waals surface area contributed by atoms with Crippen molar-refractivity contribution in [3.05, 3.63) is 35.5 Å². The molecule has 4 nitrogen and oxygen atoms in total. The second-order valence-corrected chi connectivity index (χ2v) is 5.16. The Kier molecular flexibility index (Phi) is 4.41. The van der Waals surface area contributed by atoms with Crippen molar-refractivity contribution in [3.63, 3.8) is 0 Å². The fourth-order valence-electron chi connectivity index (χ4n) is 1.54. The van der Waals surface area contributed by atoms with Gasteiger partial charge in [0, 0.05) is 24.2 Å². The molecule has 0 saturated heterocycles. The molecule has 2 aromatic heterocycles. The molecule has 0 aliphatic heterocycles. The highest BCUT2D eigenvalue weighted by Gasteiger charge is 2.11. The molecular weight excluding hydrogens is 246 g/mol. The molecule has 5 heteroatoms. The summed E-state index contributed by atoms with van der Waals surface area (Å²) in [7, 11) is 1.99. The minimum absolute atomic E-state index is 0.144. The van der Waals surface area contributed by atoms with Gasteiger partial charge in [-0.1, -0.05) is 6.07 Å². The van der Waals surface area contributed by atoms with E-state index in [0.29, 0.717) is 0 Å². The summed E-state index contributed by atoms with van der Waals surface area (Å²) in [6.07, 6.45) is 1.77. The van der Waals surface area contributed by atoms with Gasteiger partial charge in [0.1, 0.15) is 5.01 Å². The summed E-state index contributed by atoms with van der Waals surface area (Å²) in [5, 5.41) is 12.1. The predicted octanol–water partition coefficient (Wildman–Crippen LogP) is 2.02. The van der Waals surface area contributed by atoms with Crippen molar-refractivity contribution in [2.45, 2.75) is 19.5 Å². The number of hydrogen-bond donors (Lipinski definition) is 1. The van der Waals surface area contributed by atoms with Gasteiger partial charge in [-0.15, -0.1) is 11.3 Å². The number of aromatic nitrogens is 2. The first-order valence-corrected chi connectivity index (χ1v) is 6.75. The van der Waals surface area contributed by atoms with E-state index in [1.807, 2.05) is 37.6 Å². The highest BCUT2D eigenvalue weighted by atomic mass is 32.1. The molecule has 18 heavy (non-hydrogen) atoms. The van der Waals surface area contributed by atoms with Crippen LogP contribution in [0, 0.1) is 0 Å². The van der Waals surface area contributed by atoms with Crippen LogP contribution in [0.2, 0.25) is 0 Å². The van der Waals surface area contributed by atoms with Gasteiger partial charge in [-0.2, -0.15) is 0 Å². The van der Waals surface area contributed by atoms with E-state index in [2.05, 4.69) is 14.9 Å². The lowest BCUT2D eigenvalue weighted by atomic mass is 10.3. The fraction of sp³-hybridized carbons (Fsp3) is 0.385. The smallest absolute Gasteiger partial charge is 0.142 e. The van der Waals surface area contributed by atoms with Gasteiger partial charge in [0.2, 0.25) is 0 Å². The number of hydrogen-bond acceptors (Lipinski definition) is 5. The van der Waals surface area contributed by atoms with Crippen LogP contribution in [0.15, 0.2) is 29.8 Å². The molecule has 0 spiro atoms. The van der Waals surface area contributed by atoms with Gasteiger partial charge in [-0.3, -0.25) is 9.88 Å². The third-order valence-corrected chi connectivity index (χ3v) is 3.78. The quantitative estimate of drug-likeness (QED) is 0.896. The van der Waals surface area contributed by atoms with E-state index in [1.165, 1.54) is 0 Å². The fourth-order valence-corrected chi connectivity index (χ4v) is 2.32. The Balaban J connectivity index is 2.07. The van der Waals surface area contributed by atoms with E-state index in [-0.39, 0.29) is 12.6 Å². The number of thiazole rings is 1. The Bertz CT molecular complexity index is 486. The van der Waals surface area contributed by atoms with Crippen LogP contribution in [0.25, 0.3) is 10.7 Å². The second-order valence-electron chi connectivity index (χ2n) is 4.31. The zero-order valence-electron chi connectivity index (χ0n) is 10.6. The number of aliphatic hydroxyl groups is 1. The number of pyridine rings is 1. The highest BCUT2D eigenvalue weighted by molar-refractivity contribution is 7.13. The molecular formula is C13H17N3OS. The molecule has 0 saturated carbocycles. The molecule has 96 valence electrons. The first kappa shape index (κ1) is 13.1. The molecule has 2 aromatic rings. The van der Waals surface area contributed by atoms with Crippen molar-refractivity contribution in [2.75, 3.05) is 13.7 Å². The molecule has 0 bridgehead atoms. The van der Waals surface area contributed by atoms with E-state index < -0.39 is 0 Å². The molecule has 0 aliphatic carbocycles. The van der Waals surface area contributed by atoms with Crippen LogP contribution < -0.4 is 0 Å². The lowest BCUT2D eigenvalue weighted by Crippen LogP contribution is -2.31. The Morgan fingerprint density at radius 3 is 2.94 bits per heavy atom. The highest BCUT2D eigenvalue weighted by Crippen LogP contribution is 2.22. The lowest BCUT2D eigenvalue weighted by Gasteiger charge is -2.21. The molecule has 2 heterocycles. The van der Waals surface area contributed by atoms with Crippen molar-refractivity contribution in [3.8, 4) is 10.7 Å². The zero-order valence-corrected chi connectivity index (χ0v) is 11.4. The summed E-state index contributed by atoms with van der Waals surface area (Å²) in [4.78, 5) is 10.9. The van der Waals surface area contributed by atoms with Crippen molar-refractivity contribution in [2.24, 2.45) is 0 Å². The van der Waals surface area contributed by atoms with E-state index in [9.17, 15) is 0 Å². The van der Waals surface area contributed by atoms with Gasteiger partial charge in [-0.25, -0.2) is 4.98 Å². The summed E-state index contributed by atoms with van der Waals surface area (Å²) in [6.45, 7) is 2.89. The topological polar surface area (TPSA) is 49.2 Å². The predicted molar refractivity (Wildman–Crippen MR) is 73.4 cm³/mol. The normalized spacial score (nSPS) is 12.9. The largest absolute Gasteiger partial charge is 0.395 e. The van der Waals surface area contributed by atoms with Crippen LogP contribution in [0.5, 0.6) is 0 Å². The zero-order chi connectivity index (χ0) is 13.0. The maximum atomic E-state index is 9.10. The molecule has 1 atom stereocenters. The summed E-state index contributed by atoms with van der Waals surface area (Å²) >= 11 is 1.60. The van der Waals surface area contributed by atoms with Gasteiger partial charge >= 0.3 is 0 Å². The van der Waals surface area contributed by atoms with Gasteiger partial charge in [0.25, 0.3) is 0 Å². The Morgan fingerprint density at radius 2 is 2.28 bits per heavy atom. The summed E-state index contributed by atoms with van der Waals surface area (Å²) < 4.78 is 0. The van der Waals surface area contributed by atoms with Gasteiger partial charge in [0.15, 0.2) is 0 Å². The van der Waals surface area contributed by atoms with E-state index in [1.54, 1.807) is 17.5 Å². The van der Waals surface area contributed by atoms with Crippen molar-refractivity contribution < 1.29 is 5.11 Å². The third-order valence-electron chi connectivity index (χ3n) is 2.86. The summed E-state index contributed by atoms with van der Waals surface area (Å²) in [5.41, 5.74) is 1.93. The maximum Gasteiger partial charge on any atom is 0.142 e. The van der Waals surface area contributed by atoms with Crippen LogP contribution in [0.3, 0.4) is 0 Å². The second kappa shape index (κ2) is 6.04. The minimum Gasteiger partial charge on any atom is -0.395 e. The van der Waals surface area contributed by atoms with Gasteiger partial charge < -0.3 is 5.11 Å². The molecule has 0 amide bonds. The van der Waals surface area contributed by atoms with E-state index in [4.69, 9.17) is 5.11 Å². The van der Waals surface area contributed by atoms with Crippen molar-refractivity contribution in [1.82, 2.24) is 14.9 Å². The van der Waals surface area contributed by atoms with Crippen LogP contribution in [0.1, 0.15) is 12.6 Å². The van der Waals surface area contributed by atoms with Crippen LogP contribution in [0.4, 0.5) is 0 Å². The first-order valence-electron chi connectivity index (χ1n) is 5.87. The monoisotopic (exact) mass is 263 g/mol. The van der Waals surface area contributed by atoms with Gasteiger partial charge in [-0.05, 0) is 26.1 Å². The summed E-state index contributed by atoms with van der Waals surface area (Å²) in [6, 6.07) is 5.96. The Hall–Kier alpha value is -1.30. The first-order chi connectivity index (χ1) is 8.70. The molecule has 0 fully saturated rings.